The summed E-state index contributed by atoms with van der Waals surface area (Å²) < 4.78 is 16.1. The van der Waals surface area contributed by atoms with Gasteiger partial charge in [-0.15, -0.1) is 0 Å². The van der Waals surface area contributed by atoms with Crippen molar-refractivity contribution in [1.29, 1.82) is 5.26 Å². The highest BCUT2D eigenvalue weighted by Gasteiger charge is 1.93. The standard InChI is InChI=1S/C8H6FNO/c9-6-11-8-3-1-2-7(4-8)5-10/h1-4H,6H2. The molecule has 3 heteroatoms. The molecule has 1 aromatic carbocycles. The number of nitriles is 1. The van der Waals surface area contributed by atoms with E-state index in [1.54, 1.807) is 18.2 Å². The summed E-state index contributed by atoms with van der Waals surface area (Å²) in [7, 11) is 0. The molecule has 0 spiro atoms. The van der Waals surface area contributed by atoms with E-state index in [0.29, 0.717) is 11.3 Å². The van der Waals surface area contributed by atoms with Gasteiger partial charge in [-0.3, -0.25) is 0 Å². The zero-order valence-corrected chi connectivity index (χ0v) is 5.75. The van der Waals surface area contributed by atoms with Crippen molar-refractivity contribution in [2.24, 2.45) is 0 Å². The van der Waals surface area contributed by atoms with Gasteiger partial charge in [0.25, 0.3) is 0 Å². The van der Waals surface area contributed by atoms with Gasteiger partial charge in [-0.25, -0.2) is 4.39 Å². The average molecular weight is 151 g/mol. The zero-order chi connectivity index (χ0) is 8.10. The summed E-state index contributed by atoms with van der Waals surface area (Å²) in [4.78, 5) is 0. The molecule has 0 bridgehead atoms. The Hall–Kier alpha value is -1.56. The second-order valence-corrected chi connectivity index (χ2v) is 1.89. The van der Waals surface area contributed by atoms with Crippen LogP contribution in [0.1, 0.15) is 5.56 Å². The molecule has 1 rings (SSSR count). The maximum atomic E-state index is 11.6. The van der Waals surface area contributed by atoms with Gasteiger partial charge in [-0.2, -0.15) is 5.26 Å². The minimum atomic E-state index is -0.866. The van der Waals surface area contributed by atoms with Crippen LogP contribution in [0.2, 0.25) is 0 Å². The van der Waals surface area contributed by atoms with Crippen molar-refractivity contribution in [3.63, 3.8) is 0 Å². The highest BCUT2D eigenvalue weighted by molar-refractivity contribution is 5.35. The number of hydrogen-bond donors (Lipinski definition) is 0. The fourth-order valence-corrected chi connectivity index (χ4v) is 0.718. The van der Waals surface area contributed by atoms with E-state index in [1.807, 2.05) is 6.07 Å². The molecule has 0 unspecified atom stereocenters. The van der Waals surface area contributed by atoms with Gasteiger partial charge in [0.1, 0.15) is 5.75 Å². The normalized spacial score (nSPS) is 8.73. The third-order valence-electron chi connectivity index (χ3n) is 1.18. The Balaban J connectivity index is 2.85. The minimum absolute atomic E-state index is 0.381. The Bertz CT molecular complexity index is 280. The van der Waals surface area contributed by atoms with E-state index in [2.05, 4.69) is 4.74 Å². The maximum Gasteiger partial charge on any atom is 0.228 e. The summed E-state index contributed by atoms with van der Waals surface area (Å²) in [6, 6.07) is 8.28. The predicted molar refractivity (Wildman–Crippen MR) is 37.8 cm³/mol. The highest BCUT2D eigenvalue weighted by atomic mass is 19.1. The highest BCUT2D eigenvalue weighted by Crippen LogP contribution is 2.11. The molecule has 0 amide bonds. The lowest BCUT2D eigenvalue weighted by molar-refractivity contribution is 0.191. The van der Waals surface area contributed by atoms with Crippen molar-refractivity contribution in [3.8, 4) is 11.8 Å². The number of ether oxygens (including phenoxy) is 1. The Kier molecular flexibility index (Phi) is 2.45. The number of alkyl halides is 1. The molecule has 0 aliphatic heterocycles. The van der Waals surface area contributed by atoms with Gasteiger partial charge < -0.3 is 4.74 Å². The molecular weight excluding hydrogens is 145 g/mol. The number of benzene rings is 1. The van der Waals surface area contributed by atoms with E-state index in [0.717, 1.165) is 0 Å². The minimum Gasteiger partial charge on any atom is -0.463 e. The molecule has 0 radical (unpaired) electrons. The SMILES string of the molecule is N#Cc1cccc(OCF)c1. The molecule has 11 heavy (non-hydrogen) atoms. The molecule has 0 N–H and O–H groups in total. The molecule has 0 fully saturated rings. The van der Waals surface area contributed by atoms with E-state index in [1.165, 1.54) is 6.07 Å². The summed E-state index contributed by atoms with van der Waals surface area (Å²) in [5.74, 6) is 0.381. The first-order valence-electron chi connectivity index (χ1n) is 3.06. The molecule has 0 heterocycles. The summed E-state index contributed by atoms with van der Waals surface area (Å²) in [6.45, 7) is -0.866. The molecule has 0 atom stereocenters. The Morgan fingerprint density at radius 1 is 1.55 bits per heavy atom. The molecular formula is C8H6FNO. The van der Waals surface area contributed by atoms with E-state index in [-0.39, 0.29) is 0 Å². The lowest BCUT2D eigenvalue weighted by Crippen LogP contribution is -1.89. The van der Waals surface area contributed by atoms with Crippen LogP contribution in [0.15, 0.2) is 24.3 Å². The van der Waals surface area contributed by atoms with E-state index < -0.39 is 6.86 Å². The van der Waals surface area contributed by atoms with Crippen LogP contribution in [0.3, 0.4) is 0 Å². The second kappa shape index (κ2) is 3.57. The number of rotatable bonds is 2. The lowest BCUT2D eigenvalue weighted by atomic mass is 10.2. The Morgan fingerprint density at radius 2 is 2.36 bits per heavy atom. The van der Waals surface area contributed by atoms with Crippen molar-refractivity contribution >= 4 is 0 Å². The summed E-state index contributed by atoms with van der Waals surface area (Å²) in [5, 5.41) is 8.43. The van der Waals surface area contributed by atoms with Crippen molar-refractivity contribution < 1.29 is 9.13 Å². The number of hydrogen-bond acceptors (Lipinski definition) is 2. The summed E-state index contributed by atoms with van der Waals surface area (Å²) >= 11 is 0. The van der Waals surface area contributed by atoms with Gasteiger partial charge in [-0.1, -0.05) is 6.07 Å². The van der Waals surface area contributed by atoms with Crippen LogP contribution in [0.25, 0.3) is 0 Å². The monoisotopic (exact) mass is 151 g/mol. The fourth-order valence-electron chi connectivity index (χ4n) is 0.718. The molecule has 0 saturated heterocycles. The van der Waals surface area contributed by atoms with Gasteiger partial charge in [0.15, 0.2) is 0 Å². The first-order chi connectivity index (χ1) is 5.36. The van der Waals surface area contributed by atoms with Gasteiger partial charge in [0, 0.05) is 0 Å². The molecule has 0 aliphatic rings. The van der Waals surface area contributed by atoms with E-state index in [4.69, 9.17) is 5.26 Å². The third kappa shape index (κ3) is 1.94. The van der Waals surface area contributed by atoms with Crippen LogP contribution < -0.4 is 4.74 Å². The van der Waals surface area contributed by atoms with E-state index in [9.17, 15) is 4.39 Å². The van der Waals surface area contributed by atoms with Crippen LogP contribution in [0, 0.1) is 11.3 Å². The predicted octanol–water partition coefficient (Wildman–Crippen LogP) is 1.86. The Labute approximate surface area is 63.8 Å². The molecule has 0 aliphatic carbocycles. The average Bonchev–Trinajstić information content (AvgIpc) is 2.06. The van der Waals surface area contributed by atoms with Gasteiger partial charge in [0.2, 0.25) is 6.86 Å². The van der Waals surface area contributed by atoms with Crippen LogP contribution >= 0.6 is 0 Å². The van der Waals surface area contributed by atoms with Crippen molar-refractivity contribution in [1.82, 2.24) is 0 Å². The fraction of sp³-hybridized carbons (Fsp3) is 0.125. The quantitative estimate of drug-likeness (QED) is 0.646. The van der Waals surface area contributed by atoms with Crippen molar-refractivity contribution in [3.05, 3.63) is 29.8 Å². The first-order valence-corrected chi connectivity index (χ1v) is 3.06. The second-order valence-electron chi connectivity index (χ2n) is 1.89. The Morgan fingerprint density at radius 3 is 3.00 bits per heavy atom. The van der Waals surface area contributed by atoms with Gasteiger partial charge in [0.05, 0.1) is 11.6 Å². The smallest absolute Gasteiger partial charge is 0.228 e. The maximum absolute atomic E-state index is 11.6. The third-order valence-corrected chi connectivity index (χ3v) is 1.18. The van der Waals surface area contributed by atoms with Crippen LogP contribution in [0.4, 0.5) is 4.39 Å². The zero-order valence-electron chi connectivity index (χ0n) is 5.75. The summed E-state index contributed by atoms with van der Waals surface area (Å²) in [6.07, 6.45) is 0. The molecule has 56 valence electrons. The molecule has 0 saturated carbocycles. The van der Waals surface area contributed by atoms with Crippen molar-refractivity contribution in [2.75, 3.05) is 6.86 Å². The molecule has 1 aromatic rings. The van der Waals surface area contributed by atoms with Crippen LogP contribution in [-0.2, 0) is 0 Å². The molecule has 2 nitrogen and oxygen atoms in total. The largest absolute Gasteiger partial charge is 0.463 e. The summed E-state index contributed by atoms with van der Waals surface area (Å²) in [5.41, 5.74) is 0.468. The number of nitrogens with zero attached hydrogens (tertiary/aromatic N) is 1. The van der Waals surface area contributed by atoms with Crippen LogP contribution in [0.5, 0.6) is 5.75 Å². The van der Waals surface area contributed by atoms with E-state index >= 15 is 0 Å². The lowest BCUT2D eigenvalue weighted by Gasteiger charge is -1.98. The topological polar surface area (TPSA) is 33.0 Å². The van der Waals surface area contributed by atoms with Crippen molar-refractivity contribution in [2.45, 2.75) is 0 Å². The number of halogens is 1. The van der Waals surface area contributed by atoms with Crippen LogP contribution in [-0.4, -0.2) is 6.86 Å². The first kappa shape index (κ1) is 7.55. The van der Waals surface area contributed by atoms with Gasteiger partial charge >= 0.3 is 0 Å². The van der Waals surface area contributed by atoms with Gasteiger partial charge in [-0.05, 0) is 18.2 Å². The molecule has 0 aromatic heterocycles.